The molecule has 0 unspecified atom stereocenters. The largest absolute Gasteiger partial charge is 0.505 e. The number of benzene rings is 2. The average Bonchev–Trinajstić information content (AvgIpc) is 2.56. The van der Waals surface area contributed by atoms with Gasteiger partial charge in [-0.05, 0) is 12.1 Å². The minimum absolute atomic E-state index is 0.0789. The average molecular weight is 313 g/mol. The Morgan fingerprint density at radius 3 is 2.14 bits per heavy atom. The molecule has 22 heavy (non-hydrogen) atoms. The fourth-order valence-electron chi connectivity index (χ4n) is 2.23. The monoisotopic (exact) mass is 313 g/mol. The summed E-state index contributed by atoms with van der Waals surface area (Å²) in [4.78, 5) is 15.0. The van der Waals surface area contributed by atoms with Gasteiger partial charge in [-0.1, -0.05) is 42.5 Å². The first-order valence-corrected chi connectivity index (χ1v) is 7.91. The van der Waals surface area contributed by atoms with E-state index in [1.807, 2.05) is 0 Å². The summed E-state index contributed by atoms with van der Waals surface area (Å²) in [5.74, 6) is -0.322. The van der Waals surface area contributed by atoms with Crippen LogP contribution < -0.4 is 0 Å². The Morgan fingerprint density at radius 1 is 0.909 bits per heavy atom. The molecule has 3 aromatic rings. The summed E-state index contributed by atoms with van der Waals surface area (Å²) < 4.78 is 25.5. The van der Waals surface area contributed by atoms with E-state index in [1.54, 1.807) is 42.5 Å². The molecule has 2 aromatic carbocycles. The molecule has 0 aliphatic carbocycles. The SMILES string of the molecule is O=Cc1nc(S(=O)(=O)c2ccccc2)c2ccccc2c1O. The van der Waals surface area contributed by atoms with Crippen molar-refractivity contribution in [2.24, 2.45) is 0 Å². The second-order valence-corrected chi connectivity index (χ2v) is 6.50. The van der Waals surface area contributed by atoms with Crippen LogP contribution in [-0.2, 0) is 9.84 Å². The molecule has 0 saturated carbocycles. The van der Waals surface area contributed by atoms with Gasteiger partial charge in [-0.3, -0.25) is 4.79 Å². The van der Waals surface area contributed by atoms with Crippen LogP contribution in [0.15, 0.2) is 64.5 Å². The van der Waals surface area contributed by atoms with Crippen molar-refractivity contribution in [3.8, 4) is 5.75 Å². The molecule has 0 saturated heterocycles. The number of sulfone groups is 1. The fourth-order valence-corrected chi connectivity index (χ4v) is 3.66. The molecule has 0 amide bonds. The number of hydrogen-bond donors (Lipinski definition) is 1. The summed E-state index contributed by atoms with van der Waals surface area (Å²) in [6, 6.07) is 14.2. The first kappa shape index (κ1) is 14.2. The lowest BCUT2D eigenvalue weighted by atomic mass is 10.1. The summed E-state index contributed by atoms with van der Waals surface area (Å²) >= 11 is 0. The zero-order valence-corrected chi connectivity index (χ0v) is 12.1. The summed E-state index contributed by atoms with van der Waals surface area (Å²) in [6.07, 6.45) is 0.339. The van der Waals surface area contributed by atoms with Gasteiger partial charge in [0.05, 0.1) is 4.90 Å². The summed E-state index contributed by atoms with van der Waals surface area (Å²) in [5.41, 5.74) is -0.298. The first-order valence-electron chi connectivity index (χ1n) is 6.42. The second kappa shape index (κ2) is 5.23. The Hall–Kier alpha value is -2.73. The van der Waals surface area contributed by atoms with E-state index in [2.05, 4.69) is 4.98 Å². The third-order valence-corrected chi connectivity index (χ3v) is 5.01. The number of pyridine rings is 1. The molecule has 110 valence electrons. The van der Waals surface area contributed by atoms with Crippen LogP contribution in [0.25, 0.3) is 10.8 Å². The highest BCUT2D eigenvalue weighted by molar-refractivity contribution is 7.91. The van der Waals surface area contributed by atoms with Crippen molar-refractivity contribution in [3.05, 3.63) is 60.3 Å². The van der Waals surface area contributed by atoms with E-state index in [1.165, 1.54) is 12.1 Å². The predicted octanol–water partition coefficient (Wildman–Crippen LogP) is 2.59. The topological polar surface area (TPSA) is 84.3 Å². The number of aldehydes is 1. The van der Waals surface area contributed by atoms with E-state index < -0.39 is 9.84 Å². The molecular formula is C16H11NO4S. The van der Waals surface area contributed by atoms with Crippen molar-refractivity contribution in [3.63, 3.8) is 0 Å². The summed E-state index contributed by atoms with van der Waals surface area (Å²) in [6.45, 7) is 0. The number of aromatic hydroxyl groups is 1. The second-order valence-electron chi connectivity index (χ2n) is 4.63. The van der Waals surface area contributed by atoms with Crippen molar-refractivity contribution >= 4 is 26.9 Å². The Kier molecular flexibility index (Phi) is 3.38. The maximum absolute atomic E-state index is 12.8. The first-order chi connectivity index (χ1) is 10.6. The van der Waals surface area contributed by atoms with Crippen molar-refractivity contribution in [2.45, 2.75) is 9.92 Å². The van der Waals surface area contributed by atoms with E-state index in [9.17, 15) is 18.3 Å². The Morgan fingerprint density at radius 2 is 1.50 bits per heavy atom. The van der Waals surface area contributed by atoms with Crippen LogP contribution in [0.5, 0.6) is 5.75 Å². The van der Waals surface area contributed by atoms with Crippen LogP contribution in [0.2, 0.25) is 0 Å². The van der Waals surface area contributed by atoms with Crippen LogP contribution >= 0.6 is 0 Å². The van der Waals surface area contributed by atoms with Crippen molar-refractivity contribution in [1.82, 2.24) is 4.98 Å². The molecule has 0 fully saturated rings. The summed E-state index contributed by atoms with van der Waals surface area (Å²) in [5, 5.41) is 10.3. The van der Waals surface area contributed by atoms with E-state index in [4.69, 9.17) is 0 Å². The van der Waals surface area contributed by atoms with Gasteiger partial charge in [0, 0.05) is 10.8 Å². The molecule has 0 bridgehead atoms. The van der Waals surface area contributed by atoms with Crippen LogP contribution in [0.3, 0.4) is 0 Å². The highest BCUT2D eigenvalue weighted by atomic mass is 32.2. The number of rotatable bonds is 3. The molecule has 0 aliphatic heterocycles. The Bertz CT molecular complexity index is 966. The lowest BCUT2D eigenvalue weighted by molar-refractivity contribution is 0.111. The quantitative estimate of drug-likeness (QED) is 0.751. The smallest absolute Gasteiger partial charge is 0.224 e. The maximum atomic E-state index is 12.8. The molecule has 1 N–H and O–H groups in total. The van der Waals surface area contributed by atoms with Gasteiger partial charge in [-0.25, -0.2) is 13.4 Å². The molecule has 0 aliphatic rings. The van der Waals surface area contributed by atoms with E-state index >= 15 is 0 Å². The summed E-state index contributed by atoms with van der Waals surface area (Å²) in [7, 11) is -3.90. The van der Waals surface area contributed by atoms with Gasteiger partial charge >= 0.3 is 0 Å². The number of hydrogen-bond acceptors (Lipinski definition) is 5. The maximum Gasteiger partial charge on any atom is 0.224 e. The van der Waals surface area contributed by atoms with Crippen molar-refractivity contribution in [2.75, 3.05) is 0 Å². The number of fused-ring (bicyclic) bond motifs is 1. The standard InChI is InChI=1S/C16H11NO4S/c18-10-14-15(19)12-8-4-5-9-13(12)16(17-14)22(20,21)11-6-2-1-3-7-11/h1-10,19H. The number of nitrogens with zero attached hydrogens (tertiary/aromatic N) is 1. The third-order valence-electron chi connectivity index (χ3n) is 3.30. The Balaban J connectivity index is 2.41. The number of carbonyl (C=O) groups excluding carboxylic acids is 1. The lowest BCUT2D eigenvalue weighted by Crippen LogP contribution is -2.07. The normalized spacial score (nSPS) is 11.5. The van der Waals surface area contributed by atoms with Gasteiger partial charge in [0.25, 0.3) is 0 Å². The highest BCUT2D eigenvalue weighted by Crippen LogP contribution is 2.33. The van der Waals surface area contributed by atoms with Gasteiger partial charge < -0.3 is 5.11 Å². The van der Waals surface area contributed by atoms with E-state index in [0.717, 1.165) is 0 Å². The van der Waals surface area contributed by atoms with Gasteiger partial charge in [0.1, 0.15) is 5.69 Å². The fraction of sp³-hybridized carbons (Fsp3) is 0. The van der Waals surface area contributed by atoms with Crippen LogP contribution in [0, 0.1) is 0 Å². The van der Waals surface area contributed by atoms with Crippen molar-refractivity contribution < 1.29 is 18.3 Å². The Labute approximate surface area is 126 Å². The minimum Gasteiger partial charge on any atom is -0.505 e. The highest BCUT2D eigenvalue weighted by Gasteiger charge is 2.24. The molecular weight excluding hydrogens is 302 g/mol. The number of aromatic nitrogens is 1. The lowest BCUT2D eigenvalue weighted by Gasteiger charge is -2.10. The molecule has 0 radical (unpaired) electrons. The minimum atomic E-state index is -3.90. The zero-order chi connectivity index (χ0) is 15.7. The van der Waals surface area contributed by atoms with E-state index in [0.29, 0.717) is 6.29 Å². The van der Waals surface area contributed by atoms with Gasteiger partial charge in [0.15, 0.2) is 17.1 Å². The third kappa shape index (κ3) is 2.14. The molecule has 6 heteroatoms. The zero-order valence-electron chi connectivity index (χ0n) is 11.3. The van der Waals surface area contributed by atoms with Gasteiger partial charge in [0.2, 0.25) is 9.84 Å². The predicted molar refractivity (Wildman–Crippen MR) is 80.7 cm³/mol. The van der Waals surface area contributed by atoms with Crippen LogP contribution in [-0.4, -0.2) is 24.8 Å². The molecule has 1 aromatic heterocycles. The number of carbonyl (C=O) groups is 1. The van der Waals surface area contributed by atoms with E-state index in [-0.39, 0.29) is 32.1 Å². The molecule has 3 rings (SSSR count). The van der Waals surface area contributed by atoms with Gasteiger partial charge in [-0.15, -0.1) is 0 Å². The van der Waals surface area contributed by atoms with Gasteiger partial charge in [-0.2, -0.15) is 0 Å². The van der Waals surface area contributed by atoms with Crippen LogP contribution in [0.4, 0.5) is 0 Å². The van der Waals surface area contributed by atoms with Crippen LogP contribution in [0.1, 0.15) is 10.5 Å². The molecule has 0 spiro atoms. The van der Waals surface area contributed by atoms with Crippen molar-refractivity contribution in [1.29, 1.82) is 0 Å². The molecule has 0 atom stereocenters. The molecule has 1 heterocycles. The molecule has 5 nitrogen and oxygen atoms in total.